The number of carbonyl (C=O) groups excluding carboxylic acids is 2. The predicted molar refractivity (Wildman–Crippen MR) is 120 cm³/mol. The Labute approximate surface area is 183 Å². The molecule has 3 N–H and O–H groups in total. The highest BCUT2D eigenvalue weighted by Gasteiger charge is 2.39. The molecule has 1 aliphatic heterocycles. The summed E-state index contributed by atoms with van der Waals surface area (Å²) in [7, 11) is 0. The molecule has 9 heteroatoms. The van der Waals surface area contributed by atoms with Crippen molar-refractivity contribution in [2.45, 2.75) is 52.7 Å². The van der Waals surface area contributed by atoms with E-state index in [1.165, 1.54) is 16.0 Å². The third-order valence-corrected chi connectivity index (χ3v) is 4.02. The fourth-order valence-electron chi connectivity index (χ4n) is 2.72. The number of allylic oxidation sites excluding steroid dienone is 1. The van der Waals surface area contributed by atoms with E-state index in [0.29, 0.717) is 11.3 Å². The zero-order valence-electron chi connectivity index (χ0n) is 18.9. The van der Waals surface area contributed by atoms with Gasteiger partial charge in [0, 0.05) is 18.0 Å². The van der Waals surface area contributed by atoms with Gasteiger partial charge in [0.25, 0.3) is 0 Å². The van der Waals surface area contributed by atoms with Crippen LogP contribution in [0.15, 0.2) is 35.5 Å². The molecule has 0 aliphatic carbocycles. The molecule has 1 heterocycles. The number of hydrogen-bond donors (Lipinski definition) is 2. The molecule has 1 fully saturated rings. The number of nitrogens with one attached hydrogen (secondary N) is 1. The van der Waals surface area contributed by atoms with Crippen molar-refractivity contribution in [2.75, 3.05) is 13.1 Å². The molecule has 1 aliphatic rings. The first-order valence-corrected chi connectivity index (χ1v) is 9.97. The molecule has 2 amide bonds. The van der Waals surface area contributed by atoms with Crippen molar-refractivity contribution in [3.05, 3.63) is 36.0 Å². The van der Waals surface area contributed by atoms with Gasteiger partial charge in [-0.1, -0.05) is 12.1 Å². The first-order valence-electron chi connectivity index (χ1n) is 9.97. The Balaban J connectivity index is 2.41. The van der Waals surface area contributed by atoms with Crippen LogP contribution in [0.25, 0.3) is 5.57 Å². The number of amides is 2. The lowest BCUT2D eigenvalue weighted by Crippen LogP contribution is -2.44. The van der Waals surface area contributed by atoms with Crippen LogP contribution in [0.1, 0.15) is 47.1 Å². The monoisotopic (exact) mass is 429 g/mol. The lowest BCUT2D eigenvalue weighted by atomic mass is 10.1. The Morgan fingerprint density at radius 2 is 1.42 bits per heavy atom. The second-order valence-corrected chi connectivity index (χ2v) is 8.99. The van der Waals surface area contributed by atoms with Crippen molar-refractivity contribution in [1.29, 1.82) is 5.41 Å². The first kappa shape index (κ1) is 23.9. The Hall–Kier alpha value is -3.36. The highest BCUT2D eigenvalue weighted by atomic mass is 16.6. The van der Waals surface area contributed by atoms with Crippen molar-refractivity contribution in [1.82, 2.24) is 9.80 Å². The van der Waals surface area contributed by atoms with Crippen LogP contribution < -0.4 is 5.73 Å². The molecular weight excluding hydrogens is 398 g/mol. The maximum Gasteiger partial charge on any atom is 0.417 e. The van der Waals surface area contributed by atoms with E-state index in [9.17, 15) is 9.59 Å². The molecule has 9 nitrogen and oxygen atoms in total. The van der Waals surface area contributed by atoms with Gasteiger partial charge < -0.3 is 20.6 Å². The Morgan fingerprint density at radius 3 is 1.77 bits per heavy atom. The SMILES string of the molecule is CC(C)(C)OC(=O)N1CCN(C(=O)OC(C)(C)C)C1=Nc1ccc(/C(C=N)=C/N)cc1. The summed E-state index contributed by atoms with van der Waals surface area (Å²) in [5.74, 6) is 0.137. The van der Waals surface area contributed by atoms with Crippen molar-refractivity contribution in [2.24, 2.45) is 10.7 Å². The maximum atomic E-state index is 12.7. The maximum absolute atomic E-state index is 12.7. The molecule has 0 unspecified atom stereocenters. The van der Waals surface area contributed by atoms with Gasteiger partial charge in [-0.15, -0.1) is 0 Å². The third-order valence-electron chi connectivity index (χ3n) is 4.02. The summed E-state index contributed by atoms with van der Waals surface area (Å²) in [4.78, 5) is 32.7. The highest BCUT2D eigenvalue weighted by molar-refractivity contribution is 6.08. The zero-order valence-corrected chi connectivity index (χ0v) is 18.9. The average molecular weight is 430 g/mol. The largest absolute Gasteiger partial charge is 0.443 e. The zero-order chi connectivity index (χ0) is 23.4. The number of rotatable bonds is 3. The number of carbonyl (C=O) groups is 2. The van der Waals surface area contributed by atoms with Crippen LogP contribution in [0, 0.1) is 5.41 Å². The van der Waals surface area contributed by atoms with E-state index in [0.717, 1.165) is 11.8 Å². The van der Waals surface area contributed by atoms with Crippen LogP contribution >= 0.6 is 0 Å². The van der Waals surface area contributed by atoms with E-state index >= 15 is 0 Å². The molecule has 0 saturated carbocycles. The molecule has 0 aromatic heterocycles. The van der Waals surface area contributed by atoms with Crippen molar-refractivity contribution in [3.8, 4) is 0 Å². The molecule has 0 spiro atoms. The van der Waals surface area contributed by atoms with Crippen LogP contribution in [0.3, 0.4) is 0 Å². The molecule has 0 bridgehead atoms. The lowest BCUT2D eigenvalue weighted by molar-refractivity contribution is 0.0375. The average Bonchev–Trinajstić information content (AvgIpc) is 3.05. The van der Waals surface area contributed by atoms with Crippen LogP contribution in [0.5, 0.6) is 0 Å². The molecule has 1 aromatic carbocycles. The normalized spacial score (nSPS) is 15.0. The molecule has 0 atom stereocenters. The first-order chi connectivity index (χ1) is 14.3. The topological polar surface area (TPSA) is 121 Å². The van der Waals surface area contributed by atoms with E-state index < -0.39 is 23.4 Å². The van der Waals surface area contributed by atoms with Crippen molar-refractivity contribution < 1.29 is 19.1 Å². The minimum Gasteiger partial charge on any atom is -0.443 e. The van der Waals surface area contributed by atoms with E-state index in [2.05, 4.69) is 4.99 Å². The van der Waals surface area contributed by atoms with Gasteiger partial charge in [0.1, 0.15) is 11.2 Å². The fraction of sp³-hybridized carbons (Fsp3) is 0.455. The number of benzene rings is 1. The second kappa shape index (κ2) is 9.20. The van der Waals surface area contributed by atoms with Gasteiger partial charge in [0.05, 0.1) is 18.8 Å². The van der Waals surface area contributed by atoms with Crippen LogP contribution in [-0.2, 0) is 9.47 Å². The van der Waals surface area contributed by atoms with E-state index in [4.69, 9.17) is 20.6 Å². The summed E-state index contributed by atoms with van der Waals surface area (Å²) >= 11 is 0. The summed E-state index contributed by atoms with van der Waals surface area (Å²) in [6.07, 6.45) is 1.32. The Kier molecular flexibility index (Phi) is 7.09. The quantitative estimate of drug-likeness (QED) is 0.700. The summed E-state index contributed by atoms with van der Waals surface area (Å²) in [5.41, 5.74) is 5.97. The standard InChI is InChI=1S/C22H31N5O4/c1-21(2,3)30-19(28)26-11-12-27(20(29)31-22(4,5)6)18(26)25-17-9-7-15(8-10-17)16(13-23)14-24/h7-10,13-14,23H,11-12,24H2,1-6H3/b16-14+,23-13?. The van der Waals surface area contributed by atoms with Gasteiger partial charge >= 0.3 is 12.2 Å². The molecule has 2 rings (SSSR count). The Bertz CT molecular complexity index is 854. The smallest absolute Gasteiger partial charge is 0.417 e. The molecule has 31 heavy (non-hydrogen) atoms. The minimum absolute atomic E-state index is 0.137. The summed E-state index contributed by atoms with van der Waals surface area (Å²) in [6.45, 7) is 11.1. The number of nitrogens with two attached hydrogens (primary N) is 1. The second-order valence-electron chi connectivity index (χ2n) is 8.99. The fourth-order valence-corrected chi connectivity index (χ4v) is 2.72. The van der Waals surface area contributed by atoms with Gasteiger partial charge in [0.15, 0.2) is 0 Å². The summed E-state index contributed by atoms with van der Waals surface area (Å²) in [6, 6.07) is 6.95. The molecular formula is C22H31N5O4. The lowest BCUT2D eigenvalue weighted by Gasteiger charge is -2.27. The number of nitrogens with zero attached hydrogens (tertiary/aromatic N) is 3. The van der Waals surface area contributed by atoms with Crippen LogP contribution in [0.4, 0.5) is 15.3 Å². The van der Waals surface area contributed by atoms with Gasteiger partial charge in [-0.25, -0.2) is 24.4 Å². The third kappa shape index (κ3) is 6.56. The number of aliphatic imine (C=N–C) groups is 1. The van der Waals surface area contributed by atoms with Gasteiger partial charge in [-0.2, -0.15) is 0 Å². The molecule has 168 valence electrons. The predicted octanol–water partition coefficient (Wildman–Crippen LogP) is 4.11. The summed E-state index contributed by atoms with van der Waals surface area (Å²) in [5, 5.41) is 7.41. The highest BCUT2D eigenvalue weighted by Crippen LogP contribution is 2.23. The van der Waals surface area contributed by atoms with Crippen molar-refractivity contribution >= 4 is 35.6 Å². The minimum atomic E-state index is -0.694. The molecule has 0 radical (unpaired) electrons. The summed E-state index contributed by atoms with van der Waals surface area (Å²) < 4.78 is 11.0. The Morgan fingerprint density at radius 1 is 0.968 bits per heavy atom. The van der Waals surface area contributed by atoms with Crippen LogP contribution in [0.2, 0.25) is 0 Å². The number of hydrogen-bond acceptors (Lipinski definition) is 7. The number of guanidine groups is 1. The van der Waals surface area contributed by atoms with Gasteiger partial charge in [0.2, 0.25) is 5.96 Å². The van der Waals surface area contributed by atoms with E-state index in [1.54, 1.807) is 65.8 Å². The van der Waals surface area contributed by atoms with Gasteiger partial charge in [-0.3, -0.25) is 0 Å². The van der Waals surface area contributed by atoms with Crippen molar-refractivity contribution in [3.63, 3.8) is 0 Å². The van der Waals surface area contributed by atoms with Crippen LogP contribution in [-0.4, -0.2) is 58.5 Å². The van der Waals surface area contributed by atoms with E-state index in [-0.39, 0.29) is 19.0 Å². The molecule has 1 saturated heterocycles. The number of ether oxygens (including phenoxy) is 2. The van der Waals surface area contributed by atoms with Gasteiger partial charge in [-0.05, 0) is 59.2 Å². The van der Waals surface area contributed by atoms with E-state index in [1.807, 2.05) is 0 Å². The molecule has 1 aromatic rings.